The molecule has 0 amide bonds. The third-order valence-electron chi connectivity index (χ3n) is 6.08. The summed E-state index contributed by atoms with van der Waals surface area (Å²) in [6, 6.07) is 10.1. The molecule has 6 heteroatoms. The molecule has 32 heavy (non-hydrogen) atoms. The Morgan fingerprint density at radius 3 is 2.38 bits per heavy atom. The third kappa shape index (κ3) is 11.1. The number of hydrogen-bond donors (Lipinski definition) is 1. The summed E-state index contributed by atoms with van der Waals surface area (Å²) in [7, 11) is -0.153. The number of hydrogen-bond acceptors (Lipinski definition) is 5. The maximum atomic E-state index is 10.7. The lowest BCUT2D eigenvalue weighted by Gasteiger charge is -2.35. The zero-order valence-corrected chi connectivity index (χ0v) is 22.1. The van der Waals surface area contributed by atoms with Crippen molar-refractivity contribution in [1.82, 2.24) is 0 Å². The molecule has 0 spiro atoms. The molecule has 5 nitrogen and oxygen atoms in total. The van der Waals surface area contributed by atoms with Crippen LogP contribution in [0.4, 0.5) is 0 Å². The van der Waals surface area contributed by atoms with Gasteiger partial charge in [0.25, 0.3) is 0 Å². The van der Waals surface area contributed by atoms with Crippen LogP contribution in [0.3, 0.4) is 0 Å². The lowest BCUT2D eigenvalue weighted by molar-refractivity contribution is -0.132. The second-order valence-electron chi connectivity index (χ2n) is 9.83. The molecule has 0 radical (unpaired) electrons. The van der Waals surface area contributed by atoms with Crippen LogP contribution in [-0.2, 0) is 25.2 Å². The van der Waals surface area contributed by atoms with Crippen molar-refractivity contribution >= 4 is 8.32 Å². The van der Waals surface area contributed by atoms with Crippen LogP contribution in [0.1, 0.15) is 52.5 Å². The minimum Gasteiger partial charge on any atom is -0.416 e. The van der Waals surface area contributed by atoms with Gasteiger partial charge >= 0.3 is 0 Å². The zero-order valence-electron chi connectivity index (χ0n) is 21.1. The normalized spacial score (nSPS) is 15.0. The number of rotatable bonds is 14. The number of aliphatic hydroxyl groups excluding tert-OH is 1. The van der Waals surface area contributed by atoms with Crippen molar-refractivity contribution in [3.63, 3.8) is 0 Å². The van der Waals surface area contributed by atoms with Crippen molar-refractivity contribution in [2.75, 3.05) is 27.1 Å². The molecule has 1 aromatic carbocycles. The average molecular weight is 465 g/mol. The van der Waals surface area contributed by atoms with Gasteiger partial charge in [0.2, 0.25) is 0 Å². The monoisotopic (exact) mass is 464 g/mol. The first-order valence-corrected chi connectivity index (χ1v) is 14.5. The van der Waals surface area contributed by atoms with Gasteiger partial charge in [0.15, 0.2) is 8.32 Å². The van der Waals surface area contributed by atoms with E-state index in [4.69, 9.17) is 18.6 Å². The van der Waals surface area contributed by atoms with Gasteiger partial charge in [-0.2, -0.15) is 0 Å². The highest BCUT2D eigenvalue weighted by molar-refractivity contribution is 6.74. The average Bonchev–Trinajstić information content (AvgIpc) is 2.73. The summed E-state index contributed by atoms with van der Waals surface area (Å²) in [6.45, 7) is 15.2. The highest BCUT2D eigenvalue weighted by Crippen LogP contribution is 2.36. The van der Waals surface area contributed by atoms with E-state index in [2.05, 4.69) is 52.6 Å². The lowest BCUT2D eigenvalue weighted by Crippen LogP contribution is -2.40. The summed E-state index contributed by atoms with van der Waals surface area (Å²) in [4.78, 5) is 0. The lowest BCUT2D eigenvalue weighted by atomic mass is 9.95. The predicted molar refractivity (Wildman–Crippen MR) is 133 cm³/mol. The molecule has 0 aliphatic carbocycles. The van der Waals surface area contributed by atoms with E-state index in [-0.39, 0.29) is 23.9 Å². The fourth-order valence-corrected chi connectivity index (χ4v) is 4.00. The molecule has 0 aliphatic heterocycles. The van der Waals surface area contributed by atoms with E-state index in [0.29, 0.717) is 32.7 Å². The van der Waals surface area contributed by atoms with Gasteiger partial charge in [0, 0.05) is 33.2 Å². The first-order chi connectivity index (χ1) is 15.1. The molecule has 0 unspecified atom stereocenters. The topological polar surface area (TPSA) is 57.2 Å². The van der Waals surface area contributed by atoms with Gasteiger partial charge < -0.3 is 23.7 Å². The predicted octanol–water partition coefficient (Wildman–Crippen LogP) is 5.38. The largest absolute Gasteiger partial charge is 0.416 e. The fraction of sp³-hybridized carbons (Fsp3) is 0.692. The number of ether oxygens (including phenoxy) is 3. The number of methoxy groups -OCH3 is 1. The van der Waals surface area contributed by atoms with Gasteiger partial charge in [-0.3, -0.25) is 0 Å². The molecule has 0 saturated heterocycles. The smallest absolute Gasteiger partial charge is 0.192 e. The van der Waals surface area contributed by atoms with Gasteiger partial charge in [-0.15, -0.1) is 11.8 Å². The van der Waals surface area contributed by atoms with E-state index in [1.165, 1.54) is 0 Å². The summed E-state index contributed by atoms with van der Waals surface area (Å²) >= 11 is 0. The van der Waals surface area contributed by atoms with E-state index in [0.717, 1.165) is 12.0 Å². The van der Waals surface area contributed by atoms with Gasteiger partial charge in [-0.25, -0.2) is 0 Å². The first-order valence-electron chi connectivity index (χ1n) is 11.6. The molecule has 0 bridgehead atoms. The quantitative estimate of drug-likeness (QED) is 0.173. The Bertz CT molecular complexity index is 675. The van der Waals surface area contributed by atoms with Gasteiger partial charge in [-0.1, -0.05) is 58.0 Å². The SMILES string of the molecule is COCO[C@H]([C@H](C)CCOCc1ccccc1)[C@H](O)CC#CCCO[Si](C)(C)C(C)(C)C. The molecular formula is C26H44O5Si. The second kappa shape index (κ2) is 14.8. The van der Waals surface area contributed by atoms with Crippen molar-refractivity contribution in [2.45, 2.75) is 83.9 Å². The summed E-state index contributed by atoms with van der Waals surface area (Å²) in [5, 5.41) is 10.9. The van der Waals surface area contributed by atoms with E-state index in [1.54, 1.807) is 7.11 Å². The van der Waals surface area contributed by atoms with Crippen molar-refractivity contribution in [1.29, 1.82) is 0 Å². The molecule has 0 saturated carbocycles. The Morgan fingerprint density at radius 2 is 1.75 bits per heavy atom. The molecule has 0 aromatic heterocycles. The Balaban J connectivity index is 2.43. The summed E-state index contributed by atoms with van der Waals surface area (Å²) < 4.78 is 22.8. The van der Waals surface area contributed by atoms with Gasteiger partial charge in [-0.05, 0) is 36.0 Å². The van der Waals surface area contributed by atoms with E-state index in [1.807, 2.05) is 30.3 Å². The summed E-state index contributed by atoms with van der Waals surface area (Å²) in [5.41, 5.74) is 1.15. The fourth-order valence-electron chi connectivity index (χ4n) is 2.95. The number of aliphatic hydroxyl groups is 1. The number of benzene rings is 1. The van der Waals surface area contributed by atoms with Gasteiger partial charge in [0.1, 0.15) is 6.79 Å². The van der Waals surface area contributed by atoms with Crippen molar-refractivity contribution < 1.29 is 23.7 Å². The maximum Gasteiger partial charge on any atom is 0.192 e. The highest BCUT2D eigenvalue weighted by atomic mass is 28.4. The van der Waals surface area contributed by atoms with Crippen molar-refractivity contribution in [3.8, 4) is 11.8 Å². The van der Waals surface area contributed by atoms with Crippen LogP contribution in [0.25, 0.3) is 0 Å². The summed E-state index contributed by atoms with van der Waals surface area (Å²) in [6.07, 6.45) is 0.790. The minimum atomic E-state index is -1.74. The maximum absolute atomic E-state index is 10.7. The van der Waals surface area contributed by atoms with E-state index >= 15 is 0 Å². The molecule has 0 fully saturated rings. The Kier molecular flexibility index (Phi) is 13.4. The molecule has 0 heterocycles. The Morgan fingerprint density at radius 1 is 1.06 bits per heavy atom. The van der Waals surface area contributed by atoms with Crippen LogP contribution in [0.5, 0.6) is 0 Å². The van der Waals surface area contributed by atoms with Crippen LogP contribution < -0.4 is 0 Å². The molecule has 1 rings (SSSR count). The van der Waals surface area contributed by atoms with Crippen LogP contribution in [-0.4, -0.2) is 52.7 Å². The standard InChI is InChI=1S/C26H44O5Si/c1-22(17-19-29-20-23-14-10-8-11-15-23)25(30-21-28-5)24(27)16-12-9-13-18-31-32(6,7)26(2,3)4/h8,10-11,14-15,22,24-25,27H,13,16-21H2,1-7H3/t22-,24-,25-/m1/s1. The summed E-state index contributed by atoms with van der Waals surface area (Å²) in [5.74, 6) is 6.34. The van der Waals surface area contributed by atoms with Crippen LogP contribution in [0.15, 0.2) is 30.3 Å². The Hall–Kier alpha value is -1.20. The van der Waals surface area contributed by atoms with Gasteiger partial charge in [0.05, 0.1) is 18.8 Å². The third-order valence-corrected chi connectivity index (χ3v) is 10.6. The Labute approximate surface area is 196 Å². The van der Waals surface area contributed by atoms with Crippen molar-refractivity contribution in [3.05, 3.63) is 35.9 Å². The minimum absolute atomic E-state index is 0.111. The molecule has 1 N–H and O–H groups in total. The zero-order chi connectivity index (χ0) is 24.0. The van der Waals surface area contributed by atoms with E-state index in [9.17, 15) is 5.11 Å². The molecule has 3 atom stereocenters. The molecule has 0 aliphatic rings. The highest BCUT2D eigenvalue weighted by Gasteiger charge is 2.36. The van der Waals surface area contributed by atoms with Crippen LogP contribution in [0.2, 0.25) is 18.1 Å². The second-order valence-corrected chi connectivity index (χ2v) is 14.6. The first kappa shape index (κ1) is 28.8. The van der Waals surface area contributed by atoms with Crippen LogP contribution in [0, 0.1) is 17.8 Å². The van der Waals surface area contributed by atoms with Crippen molar-refractivity contribution in [2.24, 2.45) is 5.92 Å². The van der Waals surface area contributed by atoms with Crippen LogP contribution >= 0.6 is 0 Å². The molecule has 1 aromatic rings. The van der Waals surface area contributed by atoms with E-state index < -0.39 is 14.4 Å². The molecular weight excluding hydrogens is 420 g/mol. The molecule has 182 valence electrons.